The molecule has 0 aliphatic rings. The zero-order valence-electron chi connectivity index (χ0n) is 17.5. The molecule has 0 spiro atoms. The van der Waals surface area contributed by atoms with Gasteiger partial charge in [0.05, 0.1) is 0 Å². The van der Waals surface area contributed by atoms with E-state index < -0.39 is 0 Å². The largest absolute Gasteiger partial charge is 0.423 e. The summed E-state index contributed by atoms with van der Waals surface area (Å²) in [6.45, 7) is 0. The fraction of sp³-hybridized carbons (Fsp3) is 0. The molecule has 6 heteroatoms. The molecular weight excluding hydrogens is 416 g/mol. The smallest absolute Gasteiger partial charge is 0.336 e. The Morgan fingerprint density at radius 2 is 1.24 bits per heavy atom. The van der Waals surface area contributed by atoms with Crippen LogP contribution in [0.5, 0.6) is 0 Å². The number of nitrogens with one attached hydrogen (secondary N) is 2. The van der Waals surface area contributed by atoms with Crippen LogP contribution in [0.15, 0.2) is 128 Å². The van der Waals surface area contributed by atoms with E-state index in [0.29, 0.717) is 5.58 Å². The molecule has 3 aromatic heterocycles. The normalized spacial score (nSPS) is 10.2. The minimum atomic E-state index is -0.302. The summed E-state index contributed by atoms with van der Waals surface area (Å²) in [5, 5.41) is 2.76. The minimum absolute atomic E-state index is 0.0521. The maximum Gasteiger partial charge on any atom is 0.336 e. The van der Waals surface area contributed by atoms with Gasteiger partial charge in [-0.15, -0.1) is 0 Å². The zero-order chi connectivity index (χ0) is 23.0. The lowest BCUT2D eigenvalue weighted by molar-refractivity contribution is 0.561. The van der Waals surface area contributed by atoms with Crippen LogP contribution in [0.1, 0.15) is 0 Å². The molecule has 0 unspecified atom stereocenters. The molecule has 0 aliphatic carbocycles. The molecule has 6 nitrogen and oxygen atoms in total. The maximum atomic E-state index is 11.2. The second kappa shape index (κ2) is 10.1. The Morgan fingerprint density at radius 3 is 2.06 bits per heavy atom. The van der Waals surface area contributed by atoms with Crippen LogP contribution >= 0.6 is 0 Å². The van der Waals surface area contributed by atoms with Crippen molar-refractivity contribution in [2.24, 2.45) is 0 Å². The number of para-hydroxylation sites is 3. The van der Waals surface area contributed by atoms with Gasteiger partial charge < -0.3 is 14.4 Å². The van der Waals surface area contributed by atoms with Crippen molar-refractivity contribution < 1.29 is 4.42 Å². The van der Waals surface area contributed by atoms with E-state index in [1.165, 1.54) is 18.2 Å². The van der Waals surface area contributed by atoms with Crippen LogP contribution in [0, 0.1) is 0 Å². The van der Waals surface area contributed by atoms with Gasteiger partial charge in [-0.25, -0.2) is 4.79 Å². The van der Waals surface area contributed by atoms with Gasteiger partial charge in [0, 0.05) is 46.2 Å². The third kappa shape index (κ3) is 5.51. The third-order valence-electron chi connectivity index (χ3n) is 4.83. The highest BCUT2D eigenvalue weighted by Crippen LogP contribution is 2.09. The van der Waals surface area contributed by atoms with Gasteiger partial charge >= 0.3 is 5.63 Å². The van der Waals surface area contributed by atoms with Crippen molar-refractivity contribution in [2.45, 2.75) is 0 Å². The fourth-order valence-electron chi connectivity index (χ4n) is 3.23. The summed E-state index contributed by atoms with van der Waals surface area (Å²) in [5.74, 6) is 0. The summed E-state index contributed by atoms with van der Waals surface area (Å²) < 4.78 is 4.91. The van der Waals surface area contributed by atoms with Gasteiger partial charge in [-0.05, 0) is 41.8 Å². The van der Waals surface area contributed by atoms with Crippen molar-refractivity contribution in [1.29, 1.82) is 0 Å². The van der Waals surface area contributed by atoms with Crippen LogP contribution in [0.25, 0.3) is 32.8 Å². The second-order valence-electron chi connectivity index (χ2n) is 7.09. The summed E-state index contributed by atoms with van der Waals surface area (Å²) in [4.78, 5) is 38.4. The van der Waals surface area contributed by atoms with Crippen molar-refractivity contribution in [3.63, 3.8) is 0 Å². The van der Waals surface area contributed by atoms with E-state index in [9.17, 15) is 14.4 Å². The summed E-state index contributed by atoms with van der Waals surface area (Å²) in [6.07, 6.45) is 1.66. The SMILES string of the molecule is O=c1cc[nH]c2ccccc12.O=c1ccc2ccccc2[nH]1.O=c1ccc2ccccc2o1. The number of pyridine rings is 2. The lowest BCUT2D eigenvalue weighted by Gasteiger charge is -1.93. The number of hydrogen-bond donors (Lipinski definition) is 2. The minimum Gasteiger partial charge on any atom is -0.423 e. The number of aromatic nitrogens is 2. The molecule has 0 fully saturated rings. The molecular formula is C27H20N2O4. The summed E-state index contributed by atoms with van der Waals surface area (Å²) in [7, 11) is 0. The molecule has 0 aliphatic heterocycles. The highest BCUT2D eigenvalue weighted by Gasteiger charge is 1.93. The number of benzene rings is 3. The van der Waals surface area contributed by atoms with Crippen molar-refractivity contribution in [3.8, 4) is 0 Å². The first-order valence-electron chi connectivity index (χ1n) is 10.2. The van der Waals surface area contributed by atoms with E-state index in [1.54, 1.807) is 18.3 Å². The first kappa shape index (κ1) is 21.5. The van der Waals surface area contributed by atoms with Crippen LogP contribution in [-0.4, -0.2) is 9.97 Å². The van der Waals surface area contributed by atoms with Crippen molar-refractivity contribution >= 4 is 32.8 Å². The van der Waals surface area contributed by atoms with Gasteiger partial charge in [-0.2, -0.15) is 0 Å². The van der Waals surface area contributed by atoms with Crippen LogP contribution in [0.2, 0.25) is 0 Å². The molecule has 0 amide bonds. The van der Waals surface area contributed by atoms with Gasteiger partial charge in [0.25, 0.3) is 0 Å². The zero-order valence-corrected chi connectivity index (χ0v) is 17.5. The Balaban J connectivity index is 0.000000118. The predicted octanol–water partition coefficient (Wildman–Crippen LogP) is 4.85. The molecule has 0 bridgehead atoms. The number of fused-ring (bicyclic) bond motifs is 3. The lowest BCUT2D eigenvalue weighted by atomic mass is 10.2. The van der Waals surface area contributed by atoms with Gasteiger partial charge in [0.2, 0.25) is 5.56 Å². The standard InChI is InChI=1S/2C9H7NO.C9H6O2/c11-9-5-6-10-8-4-2-1-3-7(8)9;11-9-6-5-7-3-1-2-4-8(7)10-9;10-9-6-5-7-3-1-2-4-8(7)11-9/h2*1-6H,(H,10,11);1-6H. The summed E-state index contributed by atoms with van der Waals surface area (Å²) >= 11 is 0. The fourth-order valence-corrected chi connectivity index (χ4v) is 3.23. The maximum absolute atomic E-state index is 11.2. The molecule has 162 valence electrons. The topological polar surface area (TPSA) is 95.9 Å². The molecule has 6 aromatic rings. The molecule has 2 N–H and O–H groups in total. The summed E-state index contributed by atoms with van der Waals surface area (Å²) in [6, 6.07) is 30.6. The number of rotatable bonds is 0. The van der Waals surface area contributed by atoms with E-state index in [4.69, 9.17) is 4.42 Å². The Bertz CT molecular complexity index is 1600. The first-order valence-corrected chi connectivity index (χ1v) is 10.2. The average Bonchev–Trinajstić information content (AvgIpc) is 2.85. The summed E-state index contributed by atoms with van der Waals surface area (Å²) in [5.41, 5.74) is 2.13. The van der Waals surface area contributed by atoms with Gasteiger partial charge in [0.15, 0.2) is 5.43 Å². The van der Waals surface area contributed by atoms with Crippen molar-refractivity contribution in [1.82, 2.24) is 9.97 Å². The lowest BCUT2D eigenvalue weighted by Crippen LogP contribution is -2.01. The van der Waals surface area contributed by atoms with Crippen LogP contribution < -0.4 is 16.6 Å². The molecule has 0 saturated carbocycles. The highest BCUT2D eigenvalue weighted by molar-refractivity contribution is 5.78. The molecule has 3 heterocycles. The molecule has 0 radical (unpaired) electrons. The third-order valence-corrected chi connectivity index (χ3v) is 4.83. The molecule has 0 atom stereocenters. The van der Waals surface area contributed by atoms with Crippen molar-refractivity contribution in [2.75, 3.05) is 0 Å². The van der Waals surface area contributed by atoms with Crippen LogP contribution in [-0.2, 0) is 0 Å². The number of H-pyrrole nitrogens is 2. The average molecular weight is 436 g/mol. The predicted molar refractivity (Wildman–Crippen MR) is 132 cm³/mol. The Labute approximate surface area is 187 Å². The van der Waals surface area contributed by atoms with E-state index in [0.717, 1.165) is 27.2 Å². The number of aromatic amines is 2. The highest BCUT2D eigenvalue weighted by atomic mass is 16.4. The van der Waals surface area contributed by atoms with E-state index >= 15 is 0 Å². The Kier molecular flexibility index (Phi) is 6.56. The van der Waals surface area contributed by atoms with Gasteiger partial charge in [0.1, 0.15) is 5.58 Å². The van der Waals surface area contributed by atoms with E-state index in [2.05, 4.69) is 9.97 Å². The molecule has 0 saturated heterocycles. The van der Waals surface area contributed by atoms with Crippen LogP contribution in [0.3, 0.4) is 0 Å². The van der Waals surface area contributed by atoms with Crippen LogP contribution in [0.4, 0.5) is 0 Å². The van der Waals surface area contributed by atoms with Gasteiger partial charge in [-0.3, -0.25) is 9.59 Å². The monoisotopic (exact) mass is 436 g/mol. The molecule has 6 rings (SSSR count). The van der Waals surface area contributed by atoms with E-state index in [-0.39, 0.29) is 16.6 Å². The quantitative estimate of drug-likeness (QED) is 0.333. The number of hydrogen-bond acceptors (Lipinski definition) is 4. The van der Waals surface area contributed by atoms with Gasteiger partial charge in [-0.1, -0.05) is 48.5 Å². The molecule has 33 heavy (non-hydrogen) atoms. The second-order valence-corrected chi connectivity index (χ2v) is 7.09. The Hall–Kier alpha value is -4.71. The van der Waals surface area contributed by atoms with Crippen molar-refractivity contribution in [3.05, 3.63) is 140 Å². The first-order chi connectivity index (χ1) is 16.1. The van der Waals surface area contributed by atoms with E-state index in [1.807, 2.05) is 72.8 Å². The Morgan fingerprint density at radius 1 is 0.576 bits per heavy atom. The molecule has 3 aromatic carbocycles.